The van der Waals surface area contributed by atoms with Gasteiger partial charge < -0.3 is 9.47 Å². The lowest BCUT2D eigenvalue weighted by Crippen LogP contribution is -2.33. The number of rotatable bonds is 9. The molecule has 1 unspecified atom stereocenters. The molecule has 1 N–H and O–H groups in total. The van der Waals surface area contributed by atoms with E-state index in [2.05, 4.69) is 9.97 Å². The quantitative estimate of drug-likeness (QED) is 0.377. The van der Waals surface area contributed by atoms with Crippen LogP contribution in [0.2, 0.25) is 0 Å². The van der Waals surface area contributed by atoms with Crippen LogP contribution in [0.5, 0.6) is 11.6 Å². The summed E-state index contributed by atoms with van der Waals surface area (Å²) in [6.45, 7) is 13.7. The van der Waals surface area contributed by atoms with Crippen molar-refractivity contribution < 1.29 is 27.1 Å². The van der Waals surface area contributed by atoms with E-state index < -0.39 is 27.9 Å². The number of amides is 1. The van der Waals surface area contributed by atoms with Crippen molar-refractivity contribution in [2.75, 3.05) is 6.61 Å². The number of sulfonamides is 1. The second-order valence-electron chi connectivity index (χ2n) is 10.6. The second kappa shape index (κ2) is 11.5. The fourth-order valence-corrected chi connectivity index (χ4v) is 4.14. The molecule has 10 heteroatoms. The molecule has 2 aromatic heterocycles. The van der Waals surface area contributed by atoms with Crippen LogP contribution < -0.4 is 14.2 Å². The van der Waals surface area contributed by atoms with Gasteiger partial charge in [0.2, 0.25) is 5.88 Å². The Bertz CT molecular complexity index is 1420. The average molecular weight is 544 g/mol. The van der Waals surface area contributed by atoms with E-state index in [1.54, 1.807) is 19.1 Å². The third kappa shape index (κ3) is 7.50. The van der Waals surface area contributed by atoms with Crippen molar-refractivity contribution in [2.24, 2.45) is 11.3 Å². The first-order chi connectivity index (χ1) is 17.7. The van der Waals surface area contributed by atoms with Crippen molar-refractivity contribution in [3.8, 4) is 22.9 Å². The summed E-state index contributed by atoms with van der Waals surface area (Å²) in [5.41, 5.74) is 0.824. The molecule has 0 radical (unpaired) electrons. The molecular weight excluding hydrogens is 509 g/mol. The van der Waals surface area contributed by atoms with Crippen LogP contribution in [-0.2, 0) is 10.0 Å². The molecule has 0 aliphatic rings. The maximum atomic E-state index is 14.4. The molecule has 8 nitrogen and oxygen atoms in total. The van der Waals surface area contributed by atoms with E-state index in [1.807, 2.05) is 46.3 Å². The van der Waals surface area contributed by atoms with Crippen LogP contribution in [-0.4, -0.2) is 37.0 Å². The number of hydrogen-bond donors (Lipinski definition) is 1. The summed E-state index contributed by atoms with van der Waals surface area (Å²) in [4.78, 5) is 21.6. The van der Waals surface area contributed by atoms with Crippen molar-refractivity contribution in [3.05, 3.63) is 65.6 Å². The Morgan fingerprint density at radius 1 is 1.05 bits per heavy atom. The second-order valence-corrected chi connectivity index (χ2v) is 12.2. The number of aromatic nitrogens is 2. The molecule has 0 saturated heterocycles. The summed E-state index contributed by atoms with van der Waals surface area (Å²) in [6, 6.07) is 11.6. The third-order valence-corrected chi connectivity index (χ3v) is 6.96. The summed E-state index contributed by atoms with van der Waals surface area (Å²) in [5, 5.41) is -0.283. The Balaban J connectivity index is 2.02. The Morgan fingerprint density at radius 3 is 2.39 bits per heavy atom. The number of aryl methyl sites for hydroxylation is 1. The fourth-order valence-electron chi connectivity index (χ4n) is 3.16. The molecule has 0 aliphatic heterocycles. The molecule has 0 spiro atoms. The van der Waals surface area contributed by atoms with E-state index in [0.717, 1.165) is 0 Å². The van der Waals surface area contributed by atoms with Crippen LogP contribution in [0, 0.1) is 24.1 Å². The predicted octanol–water partition coefficient (Wildman–Crippen LogP) is 5.56. The first-order valence-corrected chi connectivity index (χ1v) is 13.8. The minimum atomic E-state index is -4.25. The van der Waals surface area contributed by atoms with Gasteiger partial charge in [0.25, 0.3) is 15.9 Å². The lowest BCUT2D eigenvalue weighted by atomic mass is 9.90. The first kappa shape index (κ1) is 29.0. The summed E-state index contributed by atoms with van der Waals surface area (Å²) < 4.78 is 53.8. The summed E-state index contributed by atoms with van der Waals surface area (Å²) in [7, 11) is -4.25. The summed E-state index contributed by atoms with van der Waals surface area (Å²) in [6.07, 6.45) is -0.399. The maximum absolute atomic E-state index is 14.4. The van der Waals surface area contributed by atoms with Gasteiger partial charge in [0.05, 0.1) is 12.3 Å². The monoisotopic (exact) mass is 543 g/mol. The number of hydrogen-bond acceptors (Lipinski definition) is 7. The molecule has 2 heterocycles. The predicted molar refractivity (Wildman–Crippen MR) is 143 cm³/mol. The van der Waals surface area contributed by atoms with Crippen molar-refractivity contribution >= 4 is 15.9 Å². The molecule has 204 valence electrons. The van der Waals surface area contributed by atoms with E-state index in [9.17, 15) is 17.6 Å². The van der Waals surface area contributed by atoms with Gasteiger partial charge in [-0.15, -0.1) is 0 Å². The number of nitrogens with one attached hydrogen (secondary N) is 1. The molecule has 0 saturated carbocycles. The standard InChI is InChI=1S/C28H34FN3O5S/c1-17(2)16-36-22-14-20(13-21(29)15-22)24-12-11-23(27(31-24)37-19(4)28(5,6)7)26(33)32-38(34,35)25-10-8-9-18(3)30-25/h8-15,17,19H,16H2,1-7H3,(H,32,33). The highest BCUT2D eigenvalue weighted by Crippen LogP contribution is 2.31. The van der Waals surface area contributed by atoms with Gasteiger partial charge in [-0.2, -0.15) is 8.42 Å². The molecule has 0 aliphatic carbocycles. The van der Waals surface area contributed by atoms with Crippen LogP contribution in [0.15, 0.2) is 53.6 Å². The van der Waals surface area contributed by atoms with Crippen molar-refractivity contribution in [1.82, 2.24) is 14.7 Å². The molecule has 38 heavy (non-hydrogen) atoms. The minimum absolute atomic E-state index is 0.0799. The van der Waals surface area contributed by atoms with Crippen LogP contribution >= 0.6 is 0 Å². The normalized spacial score (nSPS) is 12.8. The van der Waals surface area contributed by atoms with E-state index >= 15 is 0 Å². The molecule has 0 bridgehead atoms. The topological polar surface area (TPSA) is 107 Å². The van der Waals surface area contributed by atoms with Gasteiger partial charge in [0.1, 0.15) is 23.2 Å². The lowest BCUT2D eigenvalue weighted by molar-refractivity contribution is 0.0899. The van der Waals surface area contributed by atoms with Crippen molar-refractivity contribution in [2.45, 2.75) is 59.6 Å². The van der Waals surface area contributed by atoms with E-state index in [0.29, 0.717) is 29.3 Å². The Labute approximate surface area is 223 Å². The molecule has 1 amide bonds. The highest BCUT2D eigenvalue weighted by molar-refractivity contribution is 7.90. The molecule has 1 aromatic carbocycles. The maximum Gasteiger partial charge on any atom is 0.281 e. The largest absolute Gasteiger partial charge is 0.493 e. The molecule has 3 aromatic rings. The van der Waals surface area contributed by atoms with E-state index in [4.69, 9.17) is 9.47 Å². The number of ether oxygens (including phenoxy) is 2. The lowest BCUT2D eigenvalue weighted by Gasteiger charge is -2.28. The Kier molecular flexibility index (Phi) is 8.76. The van der Waals surface area contributed by atoms with Crippen molar-refractivity contribution in [1.29, 1.82) is 0 Å². The zero-order chi connectivity index (χ0) is 28.3. The third-order valence-electron chi connectivity index (χ3n) is 5.73. The molecule has 1 atom stereocenters. The number of carbonyl (C=O) groups excluding carboxylic acids is 1. The summed E-state index contributed by atoms with van der Waals surface area (Å²) >= 11 is 0. The highest BCUT2D eigenvalue weighted by atomic mass is 32.2. The SMILES string of the molecule is Cc1cccc(S(=O)(=O)NC(=O)c2ccc(-c3cc(F)cc(OCC(C)C)c3)nc2OC(C)C(C)(C)C)n1. The van der Waals surface area contributed by atoms with Gasteiger partial charge in [-0.3, -0.25) is 4.79 Å². The number of halogens is 1. The molecule has 3 rings (SSSR count). The zero-order valence-corrected chi connectivity index (χ0v) is 23.5. The molecule has 0 fully saturated rings. The van der Waals surface area contributed by atoms with Crippen molar-refractivity contribution in [3.63, 3.8) is 0 Å². The van der Waals surface area contributed by atoms with Gasteiger partial charge in [0, 0.05) is 17.3 Å². The smallest absolute Gasteiger partial charge is 0.281 e. The van der Waals surface area contributed by atoms with Crippen LogP contribution in [0.4, 0.5) is 4.39 Å². The minimum Gasteiger partial charge on any atom is -0.493 e. The van der Waals surface area contributed by atoms with Gasteiger partial charge in [0.15, 0.2) is 5.03 Å². The van der Waals surface area contributed by atoms with E-state index in [1.165, 1.54) is 36.4 Å². The number of nitrogens with zero attached hydrogens (tertiary/aromatic N) is 2. The van der Waals surface area contributed by atoms with Gasteiger partial charge in [-0.05, 0) is 61.6 Å². The highest BCUT2D eigenvalue weighted by Gasteiger charge is 2.28. The van der Waals surface area contributed by atoms with Crippen LogP contribution in [0.1, 0.15) is 57.6 Å². The zero-order valence-electron chi connectivity index (χ0n) is 22.7. The summed E-state index contributed by atoms with van der Waals surface area (Å²) in [5.74, 6) is -0.915. The number of pyridine rings is 2. The first-order valence-electron chi connectivity index (χ1n) is 12.3. The van der Waals surface area contributed by atoms with E-state index in [-0.39, 0.29) is 27.8 Å². The Hall–Kier alpha value is -3.53. The van der Waals surface area contributed by atoms with Gasteiger partial charge >= 0.3 is 0 Å². The van der Waals surface area contributed by atoms with Crippen LogP contribution in [0.3, 0.4) is 0 Å². The number of benzene rings is 1. The van der Waals surface area contributed by atoms with Gasteiger partial charge in [-0.25, -0.2) is 19.1 Å². The molecular formula is C28H34FN3O5S. The van der Waals surface area contributed by atoms with Gasteiger partial charge in [-0.1, -0.05) is 40.7 Å². The van der Waals surface area contributed by atoms with Crippen LogP contribution in [0.25, 0.3) is 11.3 Å². The Morgan fingerprint density at radius 2 is 1.76 bits per heavy atom. The fraction of sp³-hybridized carbons (Fsp3) is 0.393. The number of carbonyl (C=O) groups is 1. The average Bonchev–Trinajstić information content (AvgIpc) is 2.81.